The topological polar surface area (TPSA) is 41.6 Å². The van der Waals surface area contributed by atoms with Gasteiger partial charge in [0.2, 0.25) is 0 Å². The number of anilines is 1. The number of rotatable bonds is 3. The van der Waals surface area contributed by atoms with E-state index >= 15 is 0 Å². The molecular weight excluding hydrogens is 332 g/mol. The number of amides is 1. The van der Waals surface area contributed by atoms with Crippen LogP contribution in [0.1, 0.15) is 33.6 Å². The maximum absolute atomic E-state index is 12.2. The second kappa shape index (κ2) is 6.69. The van der Waals surface area contributed by atoms with Gasteiger partial charge in [-0.05, 0) is 51.8 Å². The Hall–Kier alpha value is -1.23. The number of carbonyl (C=O) groups excluding carboxylic acids is 1. The zero-order chi connectivity index (χ0) is 15.5. The van der Waals surface area contributed by atoms with Crippen LogP contribution in [0.4, 0.5) is 10.5 Å². The number of benzene rings is 1. The van der Waals surface area contributed by atoms with Crippen molar-refractivity contribution in [2.24, 2.45) is 0 Å². The Bertz CT molecular complexity index is 499. The lowest BCUT2D eigenvalue weighted by Gasteiger charge is -2.29. The summed E-state index contributed by atoms with van der Waals surface area (Å²) in [4.78, 5) is 14.0. The van der Waals surface area contributed by atoms with E-state index in [2.05, 4.69) is 21.2 Å². The van der Waals surface area contributed by atoms with E-state index in [0.29, 0.717) is 0 Å². The molecule has 1 atom stereocenters. The lowest BCUT2D eigenvalue weighted by atomic mass is 10.2. The molecule has 21 heavy (non-hydrogen) atoms. The van der Waals surface area contributed by atoms with E-state index in [-0.39, 0.29) is 12.1 Å². The molecule has 0 radical (unpaired) electrons. The monoisotopic (exact) mass is 354 g/mol. The molecule has 1 heterocycles. The first kappa shape index (κ1) is 16.1. The molecule has 0 aromatic heterocycles. The van der Waals surface area contributed by atoms with Gasteiger partial charge in [0.1, 0.15) is 5.60 Å². The Kier molecular flexibility index (Phi) is 5.14. The maximum Gasteiger partial charge on any atom is 0.410 e. The molecule has 0 spiro atoms. The molecular formula is C16H23BrN2O2. The van der Waals surface area contributed by atoms with Crippen LogP contribution in [-0.4, -0.2) is 35.7 Å². The highest BCUT2D eigenvalue weighted by molar-refractivity contribution is 9.10. The van der Waals surface area contributed by atoms with Crippen LogP contribution < -0.4 is 5.32 Å². The normalized spacial score (nSPS) is 18.7. The third kappa shape index (κ3) is 4.92. The van der Waals surface area contributed by atoms with Crippen LogP contribution in [0.3, 0.4) is 0 Å². The van der Waals surface area contributed by atoms with E-state index < -0.39 is 5.60 Å². The first-order valence-electron chi connectivity index (χ1n) is 7.34. The van der Waals surface area contributed by atoms with Crippen molar-refractivity contribution in [3.63, 3.8) is 0 Å². The third-order valence-electron chi connectivity index (χ3n) is 3.37. The van der Waals surface area contributed by atoms with Crippen LogP contribution in [0, 0.1) is 0 Å². The Morgan fingerprint density at radius 1 is 1.48 bits per heavy atom. The summed E-state index contributed by atoms with van der Waals surface area (Å²) in [6, 6.07) is 8.24. The minimum absolute atomic E-state index is 0.193. The van der Waals surface area contributed by atoms with E-state index in [0.717, 1.165) is 36.1 Å². The molecule has 1 saturated heterocycles. The van der Waals surface area contributed by atoms with Gasteiger partial charge in [-0.1, -0.05) is 22.0 Å². The summed E-state index contributed by atoms with van der Waals surface area (Å²) in [5.74, 6) is 0. The molecule has 0 bridgehead atoms. The van der Waals surface area contributed by atoms with Gasteiger partial charge in [-0.15, -0.1) is 0 Å². The Morgan fingerprint density at radius 2 is 2.24 bits per heavy atom. The second-order valence-electron chi connectivity index (χ2n) is 6.36. The summed E-state index contributed by atoms with van der Waals surface area (Å²) in [5.41, 5.74) is 0.613. The predicted octanol–water partition coefficient (Wildman–Crippen LogP) is 4.26. The zero-order valence-corrected chi connectivity index (χ0v) is 14.4. The lowest BCUT2D eigenvalue weighted by Crippen LogP contribution is -2.42. The van der Waals surface area contributed by atoms with Crippen molar-refractivity contribution in [2.75, 3.05) is 18.4 Å². The smallest absolute Gasteiger partial charge is 0.410 e. The van der Waals surface area contributed by atoms with E-state index in [1.165, 1.54) is 0 Å². The molecule has 1 amide bonds. The minimum Gasteiger partial charge on any atom is -0.444 e. The van der Waals surface area contributed by atoms with Gasteiger partial charge in [-0.25, -0.2) is 4.79 Å². The molecule has 1 aliphatic rings. The summed E-state index contributed by atoms with van der Waals surface area (Å²) in [6.07, 6.45) is 1.84. The first-order chi connectivity index (χ1) is 9.85. The van der Waals surface area contributed by atoms with Crippen LogP contribution in [-0.2, 0) is 4.74 Å². The van der Waals surface area contributed by atoms with Crippen LogP contribution in [0.25, 0.3) is 0 Å². The number of ether oxygens (including phenoxy) is 1. The highest BCUT2D eigenvalue weighted by Crippen LogP contribution is 2.22. The average Bonchev–Trinajstić information content (AvgIpc) is 2.83. The highest BCUT2D eigenvalue weighted by atomic mass is 79.9. The fourth-order valence-electron chi connectivity index (χ4n) is 2.44. The summed E-state index contributed by atoms with van der Waals surface area (Å²) >= 11 is 3.46. The quantitative estimate of drug-likeness (QED) is 0.881. The van der Waals surface area contributed by atoms with E-state index in [1.54, 1.807) is 0 Å². The van der Waals surface area contributed by atoms with Crippen molar-refractivity contribution in [3.05, 3.63) is 28.7 Å². The van der Waals surface area contributed by atoms with Crippen LogP contribution in [0.5, 0.6) is 0 Å². The number of carbonyl (C=O) groups is 1. The summed E-state index contributed by atoms with van der Waals surface area (Å²) in [7, 11) is 0. The van der Waals surface area contributed by atoms with Crippen molar-refractivity contribution in [3.8, 4) is 0 Å². The molecule has 1 aromatic rings. The van der Waals surface area contributed by atoms with Gasteiger partial charge in [0.25, 0.3) is 0 Å². The molecule has 4 nitrogen and oxygen atoms in total. The molecule has 1 aliphatic heterocycles. The highest BCUT2D eigenvalue weighted by Gasteiger charge is 2.31. The minimum atomic E-state index is -0.443. The van der Waals surface area contributed by atoms with Crippen LogP contribution in [0.15, 0.2) is 28.7 Å². The van der Waals surface area contributed by atoms with Crippen LogP contribution in [0.2, 0.25) is 0 Å². The van der Waals surface area contributed by atoms with Crippen molar-refractivity contribution in [1.82, 2.24) is 4.90 Å². The van der Waals surface area contributed by atoms with Gasteiger partial charge in [-0.2, -0.15) is 0 Å². The van der Waals surface area contributed by atoms with Crippen molar-refractivity contribution in [1.29, 1.82) is 0 Å². The van der Waals surface area contributed by atoms with Gasteiger partial charge in [0, 0.05) is 23.2 Å². The summed E-state index contributed by atoms with van der Waals surface area (Å²) in [6.45, 7) is 7.22. The standard InChI is InChI=1S/C16H23BrN2O2/c1-16(2,3)21-15(20)19-9-5-8-14(19)11-18-13-7-4-6-12(17)10-13/h4,6-7,10,14,18H,5,8-9,11H2,1-3H3/t14-/m1/s1. The van der Waals surface area contributed by atoms with Gasteiger partial charge in [-0.3, -0.25) is 0 Å². The Labute approximate surface area is 135 Å². The molecule has 1 N–H and O–H groups in total. The van der Waals surface area contributed by atoms with Gasteiger partial charge < -0.3 is 15.0 Å². The lowest BCUT2D eigenvalue weighted by molar-refractivity contribution is 0.0235. The molecule has 116 valence electrons. The molecule has 0 aliphatic carbocycles. The number of halogens is 1. The fraction of sp³-hybridized carbons (Fsp3) is 0.562. The molecule has 1 fully saturated rings. The maximum atomic E-state index is 12.2. The van der Waals surface area contributed by atoms with E-state index in [1.807, 2.05) is 49.9 Å². The van der Waals surface area contributed by atoms with Gasteiger partial charge in [0.15, 0.2) is 0 Å². The Morgan fingerprint density at radius 3 is 2.90 bits per heavy atom. The van der Waals surface area contributed by atoms with E-state index in [4.69, 9.17) is 4.74 Å². The Balaban J connectivity index is 1.91. The summed E-state index contributed by atoms with van der Waals surface area (Å²) in [5, 5.41) is 3.40. The number of hydrogen-bond donors (Lipinski definition) is 1. The van der Waals surface area contributed by atoms with Crippen LogP contribution >= 0.6 is 15.9 Å². The molecule has 1 aromatic carbocycles. The number of hydrogen-bond acceptors (Lipinski definition) is 3. The summed E-state index contributed by atoms with van der Waals surface area (Å²) < 4.78 is 6.52. The number of nitrogens with zero attached hydrogens (tertiary/aromatic N) is 1. The largest absolute Gasteiger partial charge is 0.444 e. The predicted molar refractivity (Wildman–Crippen MR) is 88.6 cm³/mol. The number of likely N-dealkylation sites (tertiary alicyclic amines) is 1. The van der Waals surface area contributed by atoms with E-state index in [9.17, 15) is 4.79 Å². The number of nitrogens with one attached hydrogen (secondary N) is 1. The van der Waals surface area contributed by atoms with Crippen molar-refractivity contribution >= 4 is 27.7 Å². The van der Waals surface area contributed by atoms with Gasteiger partial charge in [0.05, 0.1) is 6.04 Å². The zero-order valence-electron chi connectivity index (χ0n) is 12.9. The first-order valence-corrected chi connectivity index (χ1v) is 8.13. The van der Waals surface area contributed by atoms with Crippen molar-refractivity contribution < 1.29 is 9.53 Å². The average molecular weight is 355 g/mol. The fourth-order valence-corrected chi connectivity index (χ4v) is 2.84. The molecule has 2 rings (SSSR count). The molecule has 0 saturated carbocycles. The molecule has 0 unspecified atom stereocenters. The SMILES string of the molecule is CC(C)(C)OC(=O)N1CCC[C@@H]1CNc1cccc(Br)c1. The molecule has 5 heteroatoms. The van der Waals surface area contributed by atoms with Crippen molar-refractivity contribution in [2.45, 2.75) is 45.3 Å². The third-order valence-corrected chi connectivity index (χ3v) is 3.86. The van der Waals surface area contributed by atoms with Gasteiger partial charge >= 0.3 is 6.09 Å². The second-order valence-corrected chi connectivity index (χ2v) is 7.28.